The second kappa shape index (κ2) is 2.72. The number of nitrogens with two attached hydrogens (primary N) is 1. The minimum absolute atomic E-state index is 0.907. The fraction of sp³-hybridized carbons (Fsp3) is 0.250. The summed E-state index contributed by atoms with van der Waals surface area (Å²) in [6, 6.07) is 4.18. The Kier molecular flexibility index (Phi) is 1.85. The molecule has 1 nitrogen and oxygen atoms in total. The number of fused-ring (bicyclic) bond motifs is 1. The van der Waals surface area contributed by atoms with E-state index in [9.17, 15) is 0 Å². The van der Waals surface area contributed by atoms with Crippen molar-refractivity contribution in [3.05, 3.63) is 22.2 Å². The zero-order chi connectivity index (χ0) is 7.84. The van der Waals surface area contributed by atoms with Crippen LogP contribution in [0.1, 0.15) is 5.56 Å². The number of aryl methyl sites for hydroxylation is 1. The van der Waals surface area contributed by atoms with Crippen LogP contribution in [0.3, 0.4) is 0 Å². The Morgan fingerprint density at radius 3 is 3.09 bits per heavy atom. The van der Waals surface area contributed by atoms with Gasteiger partial charge in [0.1, 0.15) is 0 Å². The number of halogens is 1. The van der Waals surface area contributed by atoms with Gasteiger partial charge >= 0.3 is 0 Å². The standard InChI is InChI=1S/C8H8BrNS/c9-6-2-1-5-3-4-11-8(5)7(6)10/h1-2H,3-4,10H2. The molecule has 0 aliphatic carbocycles. The van der Waals surface area contributed by atoms with Gasteiger partial charge in [-0.25, -0.2) is 0 Å². The Morgan fingerprint density at radius 2 is 2.27 bits per heavy atom. The maximum absolute atomic E-state index is 5.87. The van der Waals surface area contributed by atoms with E-state index in [0.717, 1.165) is 16.6 Å². The molecular weight excluding hydrogens is 222 g/mol. The van der Waals surface area contributed by atoms with Crippen molar-refractivity contribution in [2.45, 2.75) is 11.3 Å². The first-order valence-corrected chi connectivity index (χ1v) is 5.26. The second-order valence-electron chi connectivity index (χ2n) is 2.55. The van der Waals surface area contributed by atoms with Gasteiger partial charge in [0.25, 0.3) is 0 Å². The maximum atomic E-state index is 5.87. The number of thioether (sulfide) groups is 1. The van der Waals surface area contributed by atoms with Crippen molar-refractivity contribution in [2.75, 3.05) is 11.5 Å². The molecule has 0 unspecified atom stereocenters. The minimum Gasteiger partial charge on any atom is -0.397 e. The average Bonchev–Trinajstić information content (AvgIpc) is 2.45. The molecule has 1 aliphatic heterocycles. The summed E-state index contributed by atoms with van der Waals surface area (Å²) in [7, 11) is 0. The van der Waals surface area contributed by atoms with E-state index in [2.05, 4.69) is 22.0 Å². The van der Waals surface area contributed by atoms with Crippen LogP contribution in [-0.2, 0) is 6.42 Å². The Morgan fingerprint density at radius 1 is 1.45 bits per heavy atom. The molecule has 0 saturated heterocycles. The average molecular weight is 230 g/mol. The van der Waals surface area contributed by atoms with Crippen LogP contribution in [0.4, 0.5) is 5.69 Å². The highest BCUT2D eigenvalue weighted by atomic mass is 79.9. The van der Waals surface area contributed by atoms with Gasteiger partial charge in [0.05, 0.1) is 5.69 Å². The van der Waals surface area contributed by atoms with E-state index in [1.165, 1.54) is 16.2 Å². The van der Waals surface area contributed by atoms with Crippen LogP contribution in [0, 0.1) is 0 Å². The molecule has 1 aliphatic rings. The summed E-state index contributed by atoms with van der Waals surface area (Å²) in [5.74, 6) is 1.18. The lowest BCUT2D eigenvalue weighted by Gasteiger charge is -2.03. The van der Waals surface area contributed by atoms with Gasteiger partial charge in [0, 0.05) is 15.1 Å². The highest BCUT2D eigenvalue weighted by Gasteiger charge is 2.15. The van der Waals surface area contributed by atoms with E-state index in [0.29, 0.717) is 0 Å². The molecule has 0 atom stereocenters. The number of rotatable bonds is 0. The van der Waals surface area contributed by atoms with Gasteiger partial charge in [-0.1, -0.05) is 6.07 Å². The lowest BCUT2D eigenvalue weighted by molar-refractivity contribution is 1.15. The first-order chi connectivity index (χ1) is 5.29. The Labute approximate surface area is 78.5 Å². The summed E-state index contributed by atoms with van der Waals surface area (Å²) >= 11 is 5.26. The van der Waals surface area contributed by atoms with Gasteiger partial charge in [-0.3, -0.25) is 0 Å². The lowest BCUT2D eigenvalue weighted by Crippen LogP contribution is -1.90. The third kappa shape index (κ3) is 1.16. The summed E-state index contributed by atoms with van der Waals surface area (Å²) in [6.07, 6.45) is 1.16. The molecule has 2 N–H and O–H groups in total. The van der Waals surface area contributed by atoms with E-state index in [1.807, 2.05) is 17.8 Å². The van der Waals surface area contributed by atoms with E-state index >= 15 is 0 Å². The van der Waals surface area contributed by atoms with E-state index < -0.39 is 0 Å². The Hall–Kier alpha value is -0.150. The first kappa shape index (κ1) is 7.50. The molecule has 1 heterocycles. The Balaban J connectivity index is 2.62. The largest absolute Gasteiger partial charge is 0.397 e. The zero-order valence-electron chi connectivity index (χ0n) is 5.93. The molecule has 0 fully saturated rings. The van der Waals surface area contributed by atoms with Crippen molar-refractivity contribution >= 4 is 33.4 Å². The number of benzene rings is 1. The topological polar surface area (TPSA) is 26.0 Å². The predicted molar refractivity (Wildman–Crippen MR) is 53.0 cm³/mol. The van der Waals surface area contributed by atoms with Gasteiger partial charge in [-0.2, -0.15) is 0 Å². The van der Waals surface area contributed by atoms with Crippen molar-refractivity contribution < 1.29 is 0 Å². The molecular formula is C8H8BrNS. The lowest BCUT2D eigenvalue weighted by atomic mass is 10.1. The maximum Gasteiger partial charge on any atom is 0.0599 e. The Bertz CT molecular complexity index is 298. The van der Waals surface area contributed by atoms with Gasteiger partial charge < -0.3 is 5.73 Å². The van der Waals surface area contributed by atoms with Crippen molar-refractivity contribution in [1.29, 1.82) is 0 Å². The normalized spacial score (nSPS) is 15.0. The SMILES string of the molecule is Nc1c(Br)ccc2c1SCC2. The van der Waals surface area contributed by atoms with Gasteiger partial charge in [0.15, 0.2) is 0 Å². The third-order valence-electron chi connectivity index (χ3n) is 1.84. The molecule has 11 heavy (non-hydrogen) atoms. The smallest absolute Gasteiger partial charge is 0.0599 e. The van der Waals surface area contributed by atoms with Crippen LogP contribution in [0.5, 0.6) is 0 Å². The monoisotopic (exact) mass is 229 g/mol. The second-order valence-corrected chi connectivity index (χ2v) is 4.51. The number of anilines is 1. The summed E-state index contributed by atoms with van der Waals surface area (Å²) < 4.78 is 1.02. The highest BCUT2D eigenvalue weighted by Crippen LogP contribution is 2.39. The van der Waals surface area contributed by atoms with Crippen LogP contribution < -0.4 is 5.73 Å². The number of hydrogen-bond donors (Lipinski definition) is 1. The molecule has 0 saturated carbocycles. The summed E-state index contributed by atoms with van der Waals surface area (Å²) in [4.78, 5) is 1.28. The fourth-order valence-electron chi connectivity index (χ4n) is 1.25. The van der Waals surface area contributed by atoms with Crippen molar-refractivity contribution in [3.63, 3.8) is 0 Å². The predicted octanol–water partition coefficient (Wildman–Crippen LogP) is 2.68. The van der Waals surface area contributed by atoms with Gasteiger partial charge in [-0.05, 0) is 34.0 Å². The molecule has 58 valence electrons. The summed E-state index contributed by atoms with van der Waals surface area (Å²) in [5.41, 5.74) is 8.17. The fourth-order valence-corrected chi connectivity index (χ4v) is 2.86. The molecule has 0 aromatic heterocycles. The van der Waals surface area contributed by atoms with Crippen molar-refractivity contribution in [3.8, 4) is 0 Å². The van der Waals surface area contributed by atoms with E-state index in [1.54, 1.807) is 0 Å². The molecule has 2 rings (SSSR count). The van der Waals surface area contributed by atoms with Crippen LogP contribution >= 0.6 is 27.7 Å². The van der Waals surface area contributed by atoms with Crippen molar-refractivity contribution in [1.82, 2.24) is 0 Å². The molecule has 1 aromatic carbocycles. The first-order valence-electron chi connectivity index (χ1n) is 3.48. The van der Waals surface area contributed by atoms with Crippen molar-refractivity contribution in [2.24, 2.45) is 0 Å². The van der Waals surface area contributed by atoms with E-state index in [4.69, 9.17) is 5.73 Å². The van der Waals surface area contributed by atoms with Crippen LogP contribution in [-0.4, -0.2) is 5.75 Å². The van der Waals surface area contributed by atoms with Gasteiger partial charge in [-0.15, -0.1) is 11.8 Å². The van der Waals surface area contributed by atoms with Crippen LogP contribution in [0.25, 0.3) is 0 Å². The number of nitrogen functional groups attached to an aromatic ring is 1. The van der Waals surface area contributed by atoms with E-state index in [-0.39, 0.29) is 0 Å². The summed E-state index contributed by atoms with van der Waals surface area (Å²) in [6.45, 7) is 0. The summed E-state index contributed by atoms with van der Waals surface area (Å²) in [5, 5.41) is 0. The molecule has 1 aromatic rings. The highest BCUT2D eigenvalue weighted by molar-refractivity contribution is 9.10. The van der Waals surface area contributed by atoms with Crippen LogP contribution in [0.15, 0.2) is 21.5 Å². The zero-order valence-corrected chi connectivity index (χ0v) is 8.33. The van der Waals surface area contributed by atoms with Gasteiger partial charge in [0.2, 0.25) is 0 Å². The molecule has 3 heteroatoms. The number of hydrogen-bond acceptors (Lipinski definition) is 2. The quantitative estimate of drug-likeness (QED) is 0.693. The molecule has 0 amide bonds. The van der Waals surface area contributed by atoms with Crippen LogP contribution in [0.2, 0.25) is 0 Å². The third-order valence-corrected chi connectivity index (χ3v) is 3.71. The molecule has 0 spiro atoms. The molecule has 0 radical (unpaired) electrons. The minimum atomic E-state index is 0.907. The molecule has 0 bridgehead atoms.